The van der Waals surface area contributed by atoms with Crippen LogP contribution in [0.4, 0.5) is 4.39 Å². The number of rotatable bonds is 4. The Kier molecular flexibility index (Phi) is 4.79. The molecule has 2 aromatic carbocycles. The Bertz CT molecular complexity index is 610. The summed E-state index contributed by atoms with van der Waals surface area (Å²) in [6.07, 6.45) is 0.737. The molecule has 0 saturated heterocycles. The van der Waals surface area contributed by atoms with Gasteiger partial charge < -0.3 is 5.32 Å². The summed E-state index contributed by atoms with van der Waals surface area (Å²) in [4.78, 5) is 0. The van der Waals surface area contributed by atoms with Crippen LogP contribution in [0.5, 0.6) is 0 Å². The lowest BCUT2D eigenvalue weighted by atomic mass is 9.93. The van der Waals surface area contributed by atoms with Gasteiger partial charge in [0.25, 0.3) is 0 Å². The number of hydrogen-bond acceptors (Lipinski definition) is 1. The zero-order valence-corrected chi connectivity index (χ0v) is 12.8. The molecule has 1 nitrogen and oxygen atoms in total. The lowest BCUT2D eigenvalue weighted by Gasteiger charge is -2.20. The van der Waals surface area contributed by atoms with Crippen LogP contribution in [0.1, 0.15) is 28.3 Å². The normalized spacial score (nSPS) is 12.4. The summed E-state index contributed by atoms with van der Waals surface area (Å²) in [5.41, 5.74) is 4.46. The molecule has 0 saturated carbocycles. The lowest BCUT2D eigenvalue weighted by Crippen LogP contribution is -2.20. The first-order valence-electron chi connectivity index (χ1n) is 6.69. The second-order valence-corrected chi connectivity index (χ2v) is 5.55. The van der Waals surface area contributed by atoms with E-state index in [1.807, 2.05) is 38.2 Å². The Labute approximate surface area is 124 Å². The summed E-state index contributed by atoms with van der Waals surface area (Å²) in [5.74, 6) is -0.191. The quantitative estimate of drug-likeness (QED) is 0.868. The van der Waals surface area contributed by atoms with Crippen LogP contribution < -0.4 is 5.32 Å². The third-order valence-electron chi connectivity index (χ3n) is 3.70. The maximum atomic E-state index is 13.4. The molecule has 0 aromatic heterocycles. The van der Waals surface area contributed by atoms with Crippen molar-refractivity contribution < 1.29 is 4.39 Å². The number of nitrogens with one attached hydrogen (secondary N) is 1. The van der Waals surface area contributed by atoms with Crippen LogP contribution in [0.2, 0.25) is 5.02 Å². The fourth-order valence-corrected chi connectivity index (χ4v) is 2.61. The predicted octanol–water partition coefficient (Wildman–Crippen LogP) is 4.60. The van der Waals surface area contributed by atoms with E-state index in [-0.39, 0.29) is 11.9 Å². The monoisotopic (exact) mass is 291 g/mol. The van der Waals surface area contributed by atoms with Gasteiger partial charge in [-0.15, -0.1) is 0 Å². The first kappa shape index (κ1) is 15.0. The van der Waals surface area contributed by atoms with Crippen LogP contribution in [-0.4, -0.2) is 7.05 Å². The highest BCUT2D eigenvalue weighted by atomic mass is 35.5. The van der Waals surface area contributed by atoms with E-state index in [1.165, 1.54) is 11.6 Å². The van der Waals surface area contributed by atoms with Gasteiger partial charge in [0.05, 0.1) is 0 Å². The smallest absolute Gasteiger partial charge is 0.123 e. The van der Waals surface area contributed by atoms with Gasteiger partial charge in [-0.3, -0.25) is 0 Å². The largest absolute Gasteiger partial charge is 0.313 e. The molecule has 1 N–H and O–H groups in total. The summed E-state index contributed by atoms with van der Waals surface area (Å²) in [7, 11) is 1.92. The maximum absolute atomic E-state index is 13.4. The van der Waals surface area contributed by atoms with Crippen LogP contribution in [0.15, 0.2) is 36.4 Å². The molecule has 0 aliphatic heterocycles. The lowest BCUT2D eigenvalue weighted by molar-refractivity contribution is 0.580. The molecular weight excluding hydrogens is 273 g/mol. The summed E-state index contributed by atoms with van der Waals surface area (Å²) in [6.45, 7) is 4.07. The van der Waals surface area contributed by atoms with Crippen LogP contribution in [0.25, 0.3) is 0 Å². The van der Waals surface area contributed by atoms with Gasteiger partial charge in [0.1, 0.15) is 5.82 Å². The molecular formula is C17H19ClFN. The summed E-state index contributed by atoms with van der Waals surface area (Å²) in [6, 6.07) is 10.9. The molecule has 2 rings (SSSR count). The van der Waals surface area contributed by atoms with Crippen molar-refractivity contribution in [3.05, 3.63) is 69.5 Å². The highest BCUT2D eigenvalue weighted by Crippen LogP contribution is 2.26. The van der Waals surface area contributed by atoms with E-state index in [1.54, 1.807) is 6.07 Å². The minimum atomic E-state index is -0.191. The molecule has 1 atom stereocenters. The van der Waals surface area contributed by atoms with Crippen LogP contribution in [0.3, 0.4) is 0 Å². The van der Waals surface area contributed by atoms with Gasteiger partial charge in [0.15, 0.2) is 0 Å². The van der Waals surface area contributed by atoms with Crippen molar-refractivity contribution in [1.29, 1.82) is 0 Å². The van der Waals surface area contributed by atoms with Crippen molar-refractivity contribution in [1.82, 2.24) is 5.32 Å². The van der Waals surface area contributed by atoms with E-state index in [0.29, 0.717) is 0 Å². The van der Waals surface area contributed by atoms with Gasteiger partial charge in [0.2, 0.25) is 0 Å². The number of hydrogen-bond donors (Lipinski definition) is 1. The molecule has 106 valence electrons. The number of halogens is 2. The predicted molar refractivity (Wildman–Crippen MR) is 82.8 cm³/mol. The minimum Gasteiger partial charge on any atom is -0.313 e. The van der Waals surface area contributed by atoms with Gasteiger partial charge in [-0.1, -0.05) is 23.7 Å². The van der Waals surface area contributed by atoms with Gasteiger partial charge in [-0.05, 0) is 73.8 Å². The molecule has 0 spiro atoms. The standard InChI is InChI=1S/C17H19ClFN/c1-11-5-7-15(19)8-13(11)9-17(20-3)16-10-14(18)6-4-12(16)2/h4-8,10,17,20H,9H2,1-3H3. The molecule has 0 aliphatic rings. The zero-order chi connectivity index (χ0) is 14.7. The Hall–Kier alpha value is -1.38. The second-order valence-electron chi connectivity index (χ2n) is 5.12. The van der Waals surface area contributed by atoms with Crippen LogP contribution >= 0.6 is 11.6 Å². The maximum Gasteiger partial charge on any atom is 0.123 e. The Morgan fingerprint density at radius 3 is 2.50 bits per heavy atom. The summed E-state index contributed by atoms with van der Waals surface area (Å²) >= 11 is 6.09. The molecule has 1 unspecified atom stereocenters. The average Bonchev–Trinajstić information content (AvgIpc) is 2.42. The van der Waals surface area contributed by atoms with Crippen molar-refractivity contribution in [3.63, 3.8) is 0 Å². The van der Waals surface area contributed by atoms with Crippen LogP contribution in [-0.2, 0) is 6.42 Å². The topological polar surface area (TPSA) is 12.0 Å². The highest BCUT2D eigenvalue weighted by Gasteiger charge is 2.14. The van der Waals surface area contributed by atoms with E-state index >= 15 is 0 Å². The molecule has 0 amide bonds. The van der Waals surface area contributed by atoms with Crippen molar-refractivity contribution in [2.75, 3.05) is 7.05 Å². The number of likely N-dealkylation sites (N-methyl/N-ethyl adjacent to an activating group) is 1. The third kappa shape index (κ3) is 3.38. The molecule has 0 fully saturated rings. The molecule has 2 aromatic rings. The van der Waals surface area contributed by atoms with E-state index in [9.17, 15) is 4.39 Å². The van der Waals surface area contributed by atoms with Gasteiger partial charge in [-0.2, -0.15) is 0 Å². The summed E-state index contributed by atoms with van der Waals surface area (Å²) < 4.78 is 13.4. The summed E-state index contributed by atoms with van der Waals surface area (Å²) in [5, 5.41) is 4.02. The van der Waals surface area contributed by atoms with E-state index in [2.05, 4.69) is 12.2 Å². The Morgan fingerprint density at radius 2 is 1.80 bits per heavy atom. The average molecular weight is 292 g/mol. The number of benzene rings is 2. The van der Waals surface area contributed by atoms with Gasteiger partial charge in [0, 0.05) is 11.1 Å². The van der Waals surface area contributed by atoms with Crippen molar-refractivity contribution >= 4 is 11.6 Å². The Morgan fingerprint density at radius 1 is 1.10 bits per heavy atom. The van der Waals surface area contributed by atoms with Crippen LogP contribution in [0, 0.1) is 19.7 Å². The fourth-order valence-electron chi connectivity index (χ4n) is 2.43. The minimum absolute atomic E-state index is 0.120. The SMILES string of the molecule is CNC(Cc1cc(F)ccc1C)c1cc(Cl)ccc1C. The zero-order valence-electron chi connectivity index (χ0n) is 12.0. The molecule has 3 heteroatoms. The molecule has 0 heterocycles. The third-order valence-corrected chi connectivity index (χ3v) is 3.94. The van der Waals surface area contributed by atoms with E-state index in [4.69, 9.17) is 11.6 Å². The van der Waals surface area contributed by atoms with Crippen molar-refractivity contribution in [2.24, 2.45) is 0 Å². The highest BCUT2D eigenvalue weighted by molar-refractivity contribution is 6.30. The van der Waals surface area contributed by atoms with E-state index in [0.717, 1.165) is 28.1 Å². The first-order chi connectivity index (χ1) is 9.51. The Balaban J connectivity index is 2.33. The van der Waals surface area contributed by atoms with E-state index < -0.39 is 0 Å². The molecule has 20 heavy (non-hydrogen) atoms. The number of aryl methyl sites for hydroxylation is 2. The van der Waals surface area contributed by atoms with Crippen molar-refractivity contribution in [2.45, 2.75) is 26.3 Å². The first-order valence-corrected chi connectivity index (χ1v) is 7.07. The molecule has 0 radical (unpaired) electrons. The molecule has 0 bridgehead atoms. The van der Waals surface area contributed by atoms with Gasteiger partial charge >= 0.3 is 0 Å². The fraction of sp³-hybridized carbons (Fsp3) is 0.294. The second kappa shape index (κ2) is 6.38. The van der Waals surface area contributed by atoms with Crippen molar-refractivity contribution in [3.8, 4) is 0 Å². The molecule has 0 aliphatic carbocycles. The van der Waals surface area contributed by atoms with Gasteiger partial charge in [-0.25, -0.2) is 4.39 Å².